The summed E-state index contributed by atoms with van der Waals surface area (Å²) in [5.41, 5.74) is -6.17. The van der Waals surface area contributed by atoms with Gasteiger partial charge in [0.25, 0.3) is 0 Å². The number of halogens is 6. The third-order valence-corrected chi connectivity index (χ3v) is 10.0. The van der Waals surface area contributed by atoms with Crippen LogP contribution >= 0.6 is 23.5 Å². The highest BCUT2D eigenvalue weighted by Gasteiger charge is 2.72. The predicted octanol–water partition coefficient (Wildman–Crippen LogP) is 7.74. The Hall–Kier alpha value is -5.76. The number of phenols is 2. The number of aromatic amines is 2. The lowest BCUT2D eigenvalue weighted by Crippen LogP contribution is -2.54. The van der Waals surface area contributed by atoms with E-state index in [1.807, 2.05) is 0 Å². The van der Waals surface area contributed by atoms with Gasteiger partial charge in [-0.1, -0.05) is 35.7 Å². The molecule has 0 spiro atoms. The number of amides is 2. The normalized spacial score (nSPS) is 12.2. The fraction of sp³-hybridized carbons (Fsp3) is 0.200. The maximum atomic E-state index is 14.8. The van der Waals surface area contributed by atoms with E-state index < -0.39 is 63.6 Å². The number of carbonyl (C=O) groups excluding carboxylic acids is 2. The van der Waals surface area contributed by atoms with Crippen molar-refractivity contribution in [3.05, 3.63) is 83.9 Å². The first-order chi connectivity index (χ1) is 26.0. The molecule has 4 aromatic carbocycles. The van der Waals surface area contributed by atoms with Crippen molar-refractivity contribution in [3.8, 4) is 23.0 Å². The van der Waals surface area contributed by atoms with Crippen LogP contribution in [0.15, 0.2) is 83.1 Å². The molecule has 0 aliphatic rings. The lowest BCUT2D eigenvalue weighted by molar-refractivity contribution is -0.288. The molecule has 0 aliphatic heterocycles. The Morgan fingerprint density at radius 2 is 1.05 bits per heavy atom. The number of benzene rings is 4. The topological polar surface area (TPSA) is 174 Å². The summed E-state index contributed by atoms with van der Waals surface area (Å²) in [6.45, 7) is 0. The Morgan fingerprint density at radius 3 is 1.40 bits per heavy atom. The van der Waals surface area contributed by atoms with Crippen LogP contribution in [-0.4, -0.2) is 80.0 Å². The second kappa shape index (κ2) is 15.2. The van der Waals surface area contributed by atoms with E-state index in [-0.39, 0.29) is 23.6 Å². The number of rotatable bonds is 12. The number of nitrogens with one attached hydrogen (secondary N) is 4. The van der Waals surface area contributed by atoms with E-state index in [9.17, 15) is 46.1 Å². The number of methoxy groups -OCH3 is 2. The van der Waals surface area contributed by atoms with Crippen molar-refractivity contribution in [2.24, 2.45) is 0 Å². The van der Waals surface area contributed by atoms with E-state index in [0.717, 1.165) is 23.5 Å². The average molecular weight is 807 g/mol. The number of alkyl halides is 6. The van der Waals surface area contributed by atoms with E-state index in [1.165, 1.54) is 14.2 Å². The molecule has 20 heteroatoms. The number of ether oxygens (including phenoxy) is 2. The third kappa shape index (κ3) is 7.90. The summed E-state index contributed by atoms with van der Waals surface area (Å²) in [6, 6.07) is 13.0. The lowest BCUT2D eigenvalue weighted by atomic mass is 9.72. The van der Waals surface area contributed by atoms with Gasteiger partial charge in [0.15, 0.2) is 10.3 Å². The van der Waals surface area contributed by atoms with E-state index in [1.54, 1.807) is 36.4 Å². The van der Waals surface area contributed by atoms with Crippen LogP contribution in [-0.2, 0) is 15.0 Å². The highest BCUT2D eigenvalue weighted by Crippen LogP contribution is 2.57. The number of carbonyl (C=O) groups is 2. The molecular weight excluding hydrogens is 779 g/mol. The Kier molecular flexibility index (Phi) is 10.7. The standard InChI is InChI=1S/C35H28F6N6O6S2/c1-52-19-5-9-21-25(13-19)46-31(44-21)54-15-29(50)42-23-7-3-17(11-27(23)48)33(34(36,37)38,35(39,40)41)18-4-8-24(28(49)12-18)43-30(51)16-55-32-45-22-10-6-20(53-2)14-26(22)47-32/h3-14,48-49H,15-16H2,1-2H3,(H,42,50)(H,43,51)(H,44,46)(H,45,47). The van der Waals surface area contributed by atoms with Gasteiger partial charge in [0.2, 0.25) is 17.2 Å². The monoisotopic (exact) mass is 806 g/mol. The molecule has 12 nitrogen and oxygen atoms in total. The number of hydrogen-bond donors (Lipinski definition) is 6. The SMILES string of the molecule is COc1ccc2nc(SCC(=O)Nc3ccc(C(c4ccc(NC(=O)CSc5nc6ccc(OC)cc6[nH]5)c(O)c4)(C(F)(F)F)C(F)(F)F)cc3O)[nH]c2c1. The van der Waals surface area contributed by atoms with Crippen molar-refractivity contribution in [1.29, 1.82) is 0 Å². The van der Waals surface area contributed by atoms with Gasteiger partial charge in [0.05, 0.1) is 59.2 Å². The Labute approximate surface area is 315 Å². The molecule has 55 heavy (non-hydrogen) atoms. The predicted molar refractivity (Wildman–Crippen MR) is 193 cm³/mol. The fourth-order valence-corrected chi connectivity index (χ4v) is 7.05. The second-order valence-corrected chi connectivity index (χ2v) is 13.7. The minimum absolute atomic E-state index is 0.245. The highest BCUT2D eigenvalue weighted by atomic mass is 32.2. The van der Waals surface area contributed by atoms with Gasteiger partial charge in [-0.3, -0.25) is 9.59 Å². The highest BCUT2D eigenvalue weighted by molar-refractivity contribution is 8.00. The molecule has 0 saturated heterocycles. The summed E-state index contributed by atoms with van der Waals surface area (Å²) in [7, 11) is 2.98. The molecule has 2 heterocycles. The molecule has 0 atom stereocenters. The minimum atomic E-state index is -6.07. The van der Waals surface area contributed by atoms with Crippen LogP contribution in [0.2, 0.25) is 0 Å². The summed E-state index contributed by atoms with van der Waals surface area (Å²) in [6.07, 6.45) is -12.1. The summed E-state index contributed by atoms with van der Waals surface area (Å²) >= 11 is 1.91. The van der Waals surface area contributed by atoms with Gasteiger partial charge in [0.1, 0.15) is 23.0 Å². The zero-order chi connectivity index (χ0) is 39.7. The number of hydrogen-bond acceptors (Lipinski definition) is 10. The largest absolute Gasteiger partial charge is 0.506 e. The number of phenolic OH excluding ortho intramolecular Hbond substituents is 2. The molecule has 0 aliphatic carbocycles. The first kappa shape index (κ1) is 38.9. The number of thioether (sulfide) groups is 2. The smallest absolute Gasteiger partial charge is 0.411 e. The molecular formula is C35H28F6N6O6S2. The Balaban J connectivity index is 1.18. The number of H-pyrrole nitrogens is 2. The van der Waals surface area contributed by atoms with Gasteiger partial charge in [-0.2, -0.15) is 26.3 Å². The fourth-order valence-electron chi connectivity index (χ4n) is 5.68. The van der Waals surface area contributed by atoms with Crippen molar-refractivity contribution in [2.75, 3.05) is 36.4 Å². The molecule has 6 aromatic rings. The minimum Gasteiger partial charge on any atom is -0.506 e. The molecule has 2 aromatic heterocycles. The maximum absolute atomic E-state index is 14.8. The molecule has 0 bridgehead atoms. The molecule has 6 rings (SSSR count). The number of fused-ring (bicyclic) bond motifs is 2. The quantitative estimate of drug-likeness (QED) is 0.0408. The summed E-state index contributed by atoms with van der Waals surface area (Å²) in [4.78, 5) is 39.9. The van der Waals surface area contributed by atoms with Crippen LogP contribution in [0, 0.1) is 0 Å². The number of nitrogens with zero attached hydrogens (tertiary/aromatic N) is 2. The van der Waals surface area contributed by atoms with E-state index in [4.69, 9.17) is 9.47 Å². The lowest BCUT2D eigenvalue weighted by Gasteiger charge is -2.38. The summed E-state index contributed by atoms with van der Waals surface area (Å²) in [5.74, 6) is -3.11. The van der Waals surface area contributed by atoms with E-state index >= 15 is 0 Å². The van der Waals surface area contributed by atoms with Crippen LogP contribution in [0.4, 0.5) is 37.7 Å². The van der Waals surface area contributed by atoms with E-state index in [2.05, 4.69) is 30.6 Å². The molecule has 0 fully saturated rings. The van der Waals surface area contributed by atoms with Crippen LogP contribution in [0.3, 0.4) is 0 Å². The molecule has 0 radical (unpaired) electrons. The van der Waals surface area contributed by atoms with E-state index in [0.29, 0.717) is 68.1 Å². The van der Waals surface area contributed by atoms with Crippen molar-refractivity contribution >= 4 is 68.8 Å². The van der Waals surface area contributed by atoms with Crippen molar-refractivity contribution in [3.63, 3.8) is 0 Å². The zero-order valence-electron chi connectivity index (χ0n) is 28.3. The zero-order valence-corrected chi connectivity index (χ0v) is 30.0. The molecule has 0 unspecified atom stereocenters. The maximum Gasteiger partial charge on any atom is 0.411 e. The van der Waals surface area contributed by atoms with Crippen LogP contribution in [0.5, 0.6) is 23.0 Å². The van der Waals surface area contributed by atoms with Gasteiger partial charge in [0, 0.05) is 12.1 Å². The Morgan fingerprint density at radius 1 is 0.655 bits per heavy atom. The van der Waals surface area contributed by atoms with Crippen LogP contribution in [0.25, 0.3) is 22.1 Å². The first-order valence-corrected chi connectivity index (χ1v) is 17.7. The van der Waals surface area contributed by atoms with Crippen LogP contribution in [0.1, 0.15) is 11.1 Å². The second-order valence-electron chi connectivity index (χ2n) is 11.7. The third-order valence-electron chi connectivity index (χ3n) is 8.27. The molecule has 0 saturated carbocycles. The van der Waals surface area contributed by atoms with Gasteiger partial charge in [-0.15, -0.1) is 0 Å². The number of aromatic nitrogens is 4. The number of aromatic hydroxyl groups is 2. The summed E-state index contributed by atoms with van der Waals surface area (Å²) < 4.78 is 99.3. The average Bonchev–Trinajstić information content (AvgIpc) is 3.73. The van der Waals surface area contributed by atoms with Gasteiger partial charge in [-0.05, 0) is 59.7 Å². The van der Waals surface area contributed by atoms with Gasteiger partial charge < -0.3 is 40.3 Å². The van der Waals surface area contributed by atoms with Crippen molar-refractivity contribution < 1.29 is 55.6 Å². The molecule has 2 amide bonds. The first-order valence-electron chi connectivity index (χ1n) is 15.8. The van der Waals surface area contributed by atoms with Crippen molar-refractivity contribution in [2.45, 2.75) is 28.1 Å². The van der Waals surface area contributed by atoms with Gasteiger partial charge in [-0.25, -0.2) is 9.97 Å². The number of imidazole rings is 2. The van der Waals surface area contributed by atoms with Gasteiger partial charge >= 0.3 is 12.4 Å². The van der Waals surface area contributed by atoms with Crippen molar-refractivity contribution in [1.82, 2.24) is 19.9 Å². The molecule has 288 valence electrons. The van der Waals surface area contributed by atoms with Crippen LogP contribution < -0.4 is 20.1 Å². The Bertz CT molecular complexity index is 2230. The number of anilines is 2. The molecule has 6 N–H and O–H groups in total. The summed E-state index contributed by atoms with van der Waals surface area (Å²) in [5, 5.41) is 26.4.